The van der Waals surface area contributed by atoms with Crippen LogP contribution in [0, 0.1) is 0 Å². The van der Waals surface area contributed by atoms with E-state index in [9.17, 15) is 0 Å². The molecule has 14 rings (SSSR count). The zero-order chi connectivity index (χ0) is 46.2. The van der Waals surface area contributed by atoms with Crippen molar-refractivity contribution in [1.82, 2.24) is 9.13 Å². The van der Waals surface area contributed by atoms with E-state index < -0.39 is 5.41 Å². The molecule has 0 fully saturated rings. The first-order chi connectivity index (χ1) is 34.7. The van der Waals surface area contributed by atoms with E-state index in [1.54, 1.807) is 0 Å². The Balaban J connectivity index is 0.896. The second-order valence-electron chi connectivity index (χ2n) is 18.4. The number of para-hydroxylation sites is 4. The number of benzene rings is 11. The summed E-state index contributed by atoms with van der Waals surface area (Å²) in [7, 11) is 0. The summed E-state index contributed by atoms with van der Waals surface area (Å²) in [4.78, 5) is 2.39. The van der Waals surface area contributed by atoms with Gasteiger partial charge in [-0.05, 0) is 129 Å². The fraction of sp³-hybridized carbons (Fsp3) is 0.0149. The topological polar surface area (TPSA) is 13.1 Å². The summed E-state index contributed by atoms with van der Waals surface area (Å²) in [5.41, 5.74) is 19.9. The smallest absolute Gasteiger partial charge is 0.0713 e. The molecule has 0 aliphatic heterocycles. The minimum Gasteiger partial charge on any atom is -0.311 e. The van der Waals surface area contributed by atoms with Crippen molar-refractivity contribution in [1.29, 1.82) is 0 Å². The molecule has 0 saturated heterocycles. The van der Waals surface area contributed by atoms with E-state index in [0.29, 0.717) is 0 Å². The molecule has 1 aliphatic rings. The van der Waals surface area contributed by atoms with Crippen LogP contribution in [-0.2, 0) is 5.41 Å². The predicted octanol–water partition coefficient (Wildman–Crippen LogP) is 17.4. The van der Waals surface area contributed by atoms with Crippen LogP contribution in [0.1, 0.15) is 22.3 Å². The molecule has 3 nitrogen and oxygen atoms in total. The largest absolute Gasteiger partial charge is 0.311 e. The maximum Gasteiger partial charge on any atom is 0.0713 e. The third kappa shape index (κ3) is 6.01. The molecule has 0 amide bonds. The van der Waals surface area contributed by atoms with Gasteiger partial charge in [0.25, 0.3) is 0 Å². The number of fused-ring (bicyclic) bond motifs is 9. The lowest BCUT2D eigenvalue weighted by molar-refractivity contribution is 0.768. The molecule has 0 spiro atoms. The molecule has 0 N–H and O–H groups in total. The molecule has 0 atom stereocenters. The summed E-state index contributed by atoms with van der Waals surface area (Å²) in [5, 5.41) is 5.03. The Kier molecular flexibility index (Phi) is 9.11. The number of aromatic nitrogens is 2. The van der Waals surface area contributed by atoms with Gasteiger partial charge in [-0.25, -0.2) is 0 Å². The lowest BCUT2D eigenvalue weighted by atomic mass is 9.68. The van der Waals surface area contributed by atoms with Crippen LogP contribution in [-0.4, -0.2) is 9.13 Å². The van der Waals surface area contributed by atoms with E-state index in [-0.39, 0.29) is 0 Å². The molecule has 328 valence electrons. The predicted molar refractivity (Wildman–Crippen MR) is 293 cm³/mol. The summed E-state index contributed by atoms with van der Waals surface area (Å²) in [6, 6.07) is 100. The maximum atomic E-state index is 2.39. The molecule has 0 bridgehead atoms. The molecule has 11 aromatic carbocycles. The van der Waals surface area contributed by atoms with Crippen LogP contribution in [0.3, 0.4) is 0 Å². The van der Waals surface area contributed by atoms with Gasteiger partial charge in [-0.2, -0.15) is 0 Å². The summed E-state index contributed by atoms with van der Waals surface area (Å²) >= 11 is 0. The average molecular weight is 892 g/mol. The standard InChI is InChI=1S/C67H45N3/c1-2-18-48(19-3-1)67(61-27-10-4-21-55(61)56-22-5-11-28-62(56)67)49-35-39-51(40-36-49)68(52-41-43-53(44-42-52)69-63-29-12-6-23-57(63)58-24-7-13-30-64(58)69)50-37-33-46(34-38-50)47-17-16-20-54(45-47)70-65-31-14-8-25-59(65)60-26-9-15-32-66(60)70/h1-45H. The summed E-state index contributed by atoms with van der Waals surface area (Å²) in [6.45, 7) is 0. The van der Waals surface area contributed by atoms with Gasteiger partial charge in [0.15, 0.2) is 0 Å². The number of nitrogens with zero attached hydrogens (tertiary/aromatic N) is 3. The Bertz CT molecular complexity index is 3950. The SMILES string of the molecule is c1ccc(C2(c3ccc(N(c4ccc(-c5cccc(-n6c7ccccc7c7ccccc76)c5)cc4)c4ccc(-n5c6ccccc6c6ccccc65)cc4)cc3)c3ccccc3-c3ccccc32)cc1. The first-order valence-electron chi connectivity index (χ1n) is 24.2. The highest BCUT2D eigenvalue weighted by atomic mass is 15.1. The van der Waals surface area contributed by atoms with E-state index in [2.05, 4.69) is 287 Å². The van der Waals surface area contributed by atoms with Gasteiger partial charge in [-0.15, -0.1) is 0 Å². The number of rotatable bonds is 8. The first kappa shape index (κ1) is 39.9. The van der Waals surface area contributed by atoms with E-state index in [1.165, 1.54) is 82.6 Å². The van der Waals surface area contributed by atoms with Crippen LogP contribution in [0.5, 0.6) is 0 Å². The van der Waals surface area contributed by atoms with Gasteiger partial charge in [0, 0.05) is 50.0 Å². The molecule has 3 heteroatoms. The van der Waals surface area contributed by atoms with Crippen LogP contribution < -0.4 is 4.90 Å². The molecule has 0 radical (unpaired) electrons. The molecular weight excluding hydrogens is 847 g/mol. The molecule has 0 unspecified atom stereocenters. The number of hydrogen-bond donors (Lipinski definition) is 0. The van der Waals surface area contributed by atoms with Gasteiger partial charge >= 0.3 is 0 Å². The van der Waals surface area contributed by atoms with Crippen molar-refractivity contribution in [2.75, 3.05) is 4.90 Å². The van der Waals surface area contributed by atoms with Gasteiger partial charge < -0.3 is 14.0 Å². The molecule has 13 aromatic rings. The van der Waals surface area contributed by atoms with Gasteiger partial charge in [0.05, 0.1) is 27.5 Å². The van der Waals surface area contributed by atoms with Gasteiger partial charge in [-0.3, -0.25) is 0 Å². The minimum atomic E-state index is -0.475. The van der Waals surface area contributed by atoms with Crippen LogP contribution in [0.4, 0.5) is 17.1 Å². The Morgan fingerprint density at radius 2 is 0.671 bits per heavy atom. The lowest BCUT2D eigenvalue weighted by Gasteiger charge is -2.34. The summed E-state index contributed by atoms with van der Waals surface area (Å²) in [6.07, 6.45) is 0. The van der Waals surface area contributed by atoms with Gasteiger partial charge in [0.1, 0.15) is 0 Å². The van der Waals surface area contributed by atoms with E-state index in [1.807, 2.05) is 0 Å². The van der Waals surface area contributed by atoms with E-state index >= 15 is 0 Å². The maximum absolute atomic E-state index is 2.39. The molecular formula is C67H45N3. The van der Waals surface area contributed by atoms with Crippen molar-refractivity contribution >= 4 is 60.7 Å². The molecule has 70 heavy (non-hydrogen) atoms. The Morgan fingerprint density at radius 1 is 0.271 bits per heavy atom. The highest BCUT2D eigenvalue weighted by Gasteiger charge is 2.45. The summed E-state index contributed by atoms with van der Waals surface area (Å²) in [5.74, 6) is 0. The number of anilines is 3. The fourth-order valence-electron chi connectivity index (χ4n) is 11.8. The highest BCUT2D eigenvalue weighted by molar-refractivity contribution is 6.10. The monoisotopic (exact) mass is 891 g/mol. The lowest BCUT2D eigenvalue weighted by Crippen LogP contribution is -2.28. The second-order valence-corrected chi connectivity index (χ2v) is 18.4. The highest BCUT2D eigenvalue weighted by Crippen LogP contribution is 2.56. The Morgan fingerprint density at radius 3 is 1.19 bits per heavy atom. The van der Waals surface area contributed by atoms with Crippen LogP contribution in [0.2, 0.25) is 0 Å². The van der Waals surface area contributed by atoms with Crippen LogP contribution in [0.15, 0.2) is 273 Å². The Labute approximate surface area is 407 Å². The quantitative estimate of drug-likeness (QED) is 0.148. The molecule has 2 heterocycles. The van der Waals surface area contributed by atoms with Crippen molar-refractivity contribution in [3.8, 4) is 33.6 Å². The van der Waals surface area contributed by atoms with Gasteiger partial charge in [-0.1, -0.05) is 188 Å². The zero-order valence-corrected chi connectivity index (χ0v) is 38.3. The van der Waals surface area contributed by atoms with Gasteiger partial charge in [0.2, 0.25) is 0 Å². The third-order valence-corrected chi connectivity index (χ3v) is 14.8. The van der Waals surface area contributed by atoms with Crippen LogP contribution in [0.25, 0.3) is 77.2 Å². The van der Waals surface area contributed by atoms with Crippen molar-refractivity contribution < 1.29 is 0 Å². The van der Waals surface area contributed by atoms with E-state index in [4.69, 9.17) is 0 Å². The van der Waals surface area contributed by atoms with E-state index in [0.717, 1.165) is 34.0 Å². The molecule has 1 aliphatic carbocycles. The number of hydrogen-bond acceptors (Lipinski definition) is 1. The Hall–Kier alpha value is -9.18. The second kappa shape index (κ2) is 16.0. The summed E-state index contributed by atoms with van der Waals surface area (Å²) < 4.78 is 4.78. The first-order valence-corrected chi connectivity index (χ1v) is 24.2. The van der Waals surface area contributed by atoms with Crippen molar-refractivity contribution in [3.05, 3.63) is 295 Å². The van der Waals surface area contributed by atoms with Crippen LogP contribution >= 0.6 is 0 Å². The fourth-order valence-corrected chi connectivity index (χ4v) is 11.8. The molecule has 2 aromatic heterocycles. The molecule has 0 saturated carbocycles. The van der Waals surface area contributed by atoms with Crippen molar-refractivity contribution in [3.63, 3.8) is 0 Å². The van der Waals surface area contributed by atoms with Crippen molar-refractivity contribution in [2.24, 2.45) is 0 Å². The zero-order valence-electron chi connectivity index (χ0n) is 38.3. The van der Waals surface area contributed by atoms with Crippen molar-refractivity contribution in [2.45, 2.75) is 5.41 Å². The third-order valence-electron chi connectivity index (χ3n) is 14.8. The minimum absolute atomic E-state index is 0.475. The normalized spacial score (nSPS) is 12.7. The average Bonchev–Trinajstić information content (AvgIpc) is 4.07.